The monoisotopic (exact) mass is 351 g/mol. The van der Waals surface area contributed by atoms with Crippen molar-refractivity contribution in [2.24, 2.45) is 0 Å². The average molecular weight is 352 g/mol. The van der Waals surface area contributed by atoms with Crippen LogP contribution in [0.2, 0.25) is 5.02 Å². The van der Waals surface area contributed by atoms with E-state index in [0.29, 0.717) is 16.5 Å². The first kappa shape index (κ1) is 16.4. The number of rotatable bonds is 4. The molecule has 0 amide bonds. The number of halogens is 4. The van der Waals surface area contributed by atoms with Crippen molar-refractivity contribution < 1.29 is 17.9 Å². The van der Waals surface area contributed by atoms with Gasteiger partial charge in [-0.1, -0.05) is 35.9 Å². The van der Waals surface area contributed by atoms with Crippen LogP contribution < -0.4 is 4.74 Å². The second-order valence-electron chi connectivity index (χ2n) is 4.91. The fourth-order valence-corrected chi connectivity index (χ4v) is 2.33. The summed E-state index contributed by atoms with van der Waals surface area (Å²) in [5.74, 6) is 0.498. The highest BCUT2D eigenvalue weighted by Crippen LogP contribution is 2.31. The van der Waals surface area contributed by atoms with Crippen LogP contribution in [0.3, 0.4) is 0 Å². The van der Waals surface area contributed by atoms with Gasteiger partial charge in [-0.15, -0.1) is 0 Å². The van der Waals surface area contributed by atoms with Crippen LogP contribution in [0.4, 0.5) is 13.2 Å². The van der Waals surface area contributed by atoms with Crippen LogP contribution in [0.5, 0.6) is 5.75 Å². The van der Waals surface area contributed by atoms with Gasteiger partial charge in [-0.3, -0.25) is 0 Å². The predicted octanol–water partition coefficient (Wildman–Crippen LogP) is 4.92. The number of ether oxygens (including phenoxy) is 1. The Morgan fingerprint density at radius 2 is 1.96 bits per heavy atom. The van der Waals surface area contributed by atoms with Gasteiger partial charge < -0.3 is 4.74 Å². The van der Waals surface area contributed by atoms with E-state index in [0.717, 1.165) is 10.7 Å². The molecule has 0 spiro atoms. The topological polar surface area (TPSA) is 27.1 Å². The average Bonchev–Trinajstić information content (AvgIpc) is 2.99. The number of aromatic nitrogens is 2. The minimum absolute atomic E-state index is 0.0911. The summed E-state index contributed by atoms with van der Waals surface area (Å²) >= 11 is 6.08. The van der Waals surface area contributed by atoms with Crippen molar-refractivity contribution in [1.82, 2.24) is 9.78 Å². The molecule has 3 aromatic rings. The maximum Gasteiger partial charge on any atom is 0.435 e. The number of hydrogen-bond donors (Lipinski definition) is 0. The molecule has 3 nitrogen and oxygen atoms in total. The van der Waals surface area contributed by atoms with E-state index in [1.807, 2.05) is 0 Å². The molecule has 2 aromatic carbocycles. The highest BCUT2D eigenvalue weighted by atomic mass is 35.5. The van der Waals surface area contributed by atoms with Gasteiger partial charge in [0.15, 0.2) is 5.69 Å². The van der Waals surface area contributed by atoms with Gasteiger partial charge in [0.2, 0.25) is 0 Å². The number of hydrogen-bond acceptors (Lipinski definition) is 2. The van der Waals surface area contributed by atoms with Gasteiger partial charge in [0.05, 0.1) is 16.4 Å². The van der Waals surface area contributed by atoms with Crippen molar-refractivity contribution in [3.8, 4) is 11.4 Å². The van der Waals surface area contributed by atoms with Crippen molar-refractivity contribution in [1.29, 1.82) is 0 Å². The summed E-state index contributed by atoms with van der Waals surface area (Å²) < 4.78 is 45.7. The second kappa shape index (κ2) is 6.57. The largest absolute Gasteiger partial charge is 0.487 e. The molecule has 1 radical (unpaired) electrons. The van der Waals surface area contributed by atoms with Gasteiger partial charge in [-0.2, -0.15) is 18.3 Å². The zero-order valence-corrected chi connectivity index (χ0v) is 13.0. The van der Waals surface area contributed by atoms with Gasteiger partial charge in [0, 0.05) is 0 Å². The Hall–Kier alpha value is -2.47. The lowest BCUT2D eigenvalue weighted by molar-refractivity contribution is -0.141. The van der Waals surface area contributed by atoms with Gasteiger partial charge in [-0.25, -0.2) is 4.68 Å². The number of benzene rings is 2. The maximum absolute atomic E-state index is 13.0. The molecule has 123 valence electrons. The van der Waals surface area contributed by atoms with Gasteiger partial charge in [0.1, 0.15) is 12.4 Å². The smallest absolute Gasteiger partial charge is 0.435 e. The van der Waals surface area contributed by atoms with Crippen LogP contribution in [0.25, 0.3) is 5.69 Å². The molecule has 0 saturated carbocycles. The third-order valence-corrected chi connectivity index (χ3v) is 3.54. The van der Waals surface area contributed by atoms with Crippen molar-refractivity contribution >= 4 is 11.6 Å². The summed E-state index contributed by atoms with van der Waals surface area (Å²) in [5.41, 5.74) is -0.409. The van der Waals surface area contributed by atoms with Crippen molar-refractivity contribution in [2.75, 3.05) is 0 Å². The fraction of sp³-hybridized carbons (Fsp3) is 0.118. The van der Waals surface area contributed by atoms with Gasteiger partial charge in [0.25, 0.3) is 0 Å². The van der Waals surface area contributed by atoms with E-state index >= 15 is 0 Å². The van der Waals surface area contributed by atoms with E-state index in [9.17, 15) is 13.2 Å². The summed E-state index contributed by atoms with van der Waals surface area (Å²) in [7, 11) is 0. The second-order valence-corrected chi connectivity index (χ2v) is 5.32. The van der Waals surface area contributed by atoms with Gasteiger partial charge >= 0.3 is 6.18 Å². The fourth-order valence-electron chi connectivity index (χ4n) is 2.12. The van der Waals surface area contributed by atoms with Crippen LogP contribution in [-0.2, 0) is 12.8 Å². The molecule has 0 atom stereocenters. The Bertz CT molecular complexity index is 831. The quantitative estimate of drug-likeness (QED) is 0.667. The Labute approximate surface area is 141 Å². The van der Waals surface area contributed by atoms with Crippen LogP contribution in [0.15, 0.2) is 54.6 Å². The third kappa shape index (κ3) is 3.54. The Morgan fingerprint density at radius 3 is 2.62 bits per heavy atom. The molecule has 0 aliphatic carbocycles. The van der Waals surface area contributed by atoms with Crippen molar-refractivity contribution in [3.63, 3.8) is 0 Å². The Kier molecular flexibility index (Phi) is 4.49. The lowest BCUT2D eigenvalue weighted by Crippen LogP contribution is -2.08. The predicted molar refractivity (Wildman–Crippen MR) is 83.2 cm³/mol. The molecular weight excluding hydrogens is 341 g/mol. The molecule has 1 aromatic heterocycles. The van der Waals surface area contributed by atoms with Crippen molar-refractivity contribution in [3.05, 3.63) is 77.1 Å². The first-order valence-corrected chi connectivity index (χ1v) is 7.33. The molecule has 3 rings (SSSR count). The van der Waals surface area contributed by atoms with E-state index in [-0.39, 0.29) is 12.3 Å². The van der Waals surface area contributed by atoms with E-state index in [1.165, 1.54) is 0 Å². The Balaban J connectivity index is 1.97. The van der Waals surface area contributed by atoms with E-state index in [1.54, 1.807) is 48.5 Å². The van der Waals surface area contributed by atoms with Crippen LogP contribution in [0, 0.1) is 6.07 Å². The first-order valence-electron chi connectivity index (χ1n) is 6.95. The van der Waals surface area contributed by atoms with E-state index < -0.39 is 11.9 Å². The normalized spacial score (nSPS) is 11.5. The first-order chi connectivity index (χ1) is 11.4. The molecule has 7 heteroatoms. The highest BCUT2D eigenvalue weighted by molar-refractivity contribution is 6.32. The molecule has 0 unspecified atom stereocenters. The molecule has 0 N–H and O–H groups in total. The molecule has 0 aliphatic heterocycles. The number of nitrogens with zero attached hydrogens (tertiary/aromatic N) is 2. The van der Waals surface area contributed by atoms with Crippen LogP contribution in [-0.4, -0.2) is 9.78 Å². The minimum atomic E-state index is -4.55. The van der Waals surface area contributed by atoms with Gasteiger partial charge in [-0.05, 0) is 36.4 Å². The summed E-state index contributed by atoms with van der Waals surface area (Å²) in [5, 5.41) is 3.94. The SMILES string of the molecule is FC(F)(F)c1cc(COc2c[c]ccc2)n(-c2ccccc2Cl)n1. The summed E-state index contributed by atoms with van der Waals surface area (Å²) in [6.07, 6.45) is -4.55. The molecular formula is C17H11ClF3N2O. The van der Waals surface area contributed by atoms with E-state index in [4.69, 9.17) is 16.3 Å². The molecule has 0 fully saturated rings. The lowest BCUT2D eigenvalue weighted by Gasteiger charge is -2.10. The summed E-state index contributed by atoms with van der Waals surface area (Å²) in [4.78, 5) is 0. The molecule has 1 heterocycles. The van der Waals surface area contributed by atoms with Crippen LogP contribution in [0.1, 0.15) is 11.4 Å². The molecule has 0 saturated heterocycles. The maximum atomic E-state index is 13.0. The standard InChI is InChI=1S/C17H11ClF3N2O/c18-14-8-4-5-9-15(14)23-12(10-16(22-23)17(19,20)21)11-24-13-6-2-1-3-7-13/h1-2,4-10H,11H2. The Morgan fingerprint density at radius 1 is 1.17 bits per heavy atom. The summed E-state index contributed by atoms with van der Waals surface area (Å²) in [6, 6.07) is 17.0. The molecule has 24 heavy (non-hydrogen) atoms. The summed E-state index contributed by atoms with van der Waals surface area (Å²) in [6.45, 7) is -0.0911. The highest BCUT2D eigenvalue weighted by Gasteiger charge is 2.35. The zero-order valence-electron chi connectivity index (χ0n) is 12.2. The lowest BCUT2D eigenvalue weighted by atomic mass is 10.3. The molecule has 0 bridgehead atoms. The third-order valence-electron chi connectivity index (χ3n) is 3.22. The van der Waals surface area contributed by atoms with Crippen LogP contribution >= 0.6 is 11.6 Å². The zero-order chi connectivity index (χ0) is 17.2. The number of alkyl halides is 3. The van der Waals surface area contributed by atoms with Crippen molar-refractivity contribution in [2.45, 2.75) is 12.8 Å². The minimum Gasteiger partial charge on any atom is -0.487 e. The van der Waals surface area contributed by atoms with E-state index in [2.05, 4.69) is 11.2 Å². The number of para-hydroxylation sites is 1. The molecule has 0 aliphatic rings.